The van der Waals surface area contributed by atoms with Crippen LogP contribution in [-0.4, -0.2) is 43.2 Å². The highest BCUT2D eigenvalue weighted by molar-refractivity contribution is 5.20. The normalized spacial score (nSPS) is 15.2. The molecule has 0 amide bonds. The summed E-state index contributed by atoms with van der Waals surface area (Å²) in [6.07, 6.45) is 4.45. The van der Waals surface area contributed by atoms with Crippen molar-refractivity contribution in [1.82, 2.24) is 15.2 Å². The summed E-state index contributed by atoms with van der Waals surface area (Å²) in [4.78, 5) is 6.31. The van der Waals surface area contributed by atoms with Gasteiger partial charge in [0, 0.05) is 31.4 Å². The van der Waals surface area contributed by atoms with Gasteiger partial charge in [0.25, 0.3) is 0 Å². The van der Waals surface area contributed by atoms with Crippen molar-refractivity contribution in [1.29, 1.82) is 0 Å². The summed E-state index contributed by atoms with van der Waals surface area (Å²) in [5.74, 6) is 0.724. The van der Waals surface area contributed by atoms with Crippen LogP contribution in [0.1, 0.15) is 18.4 Å². The molecule has 1 saturated carbocycles. The van der Waals surface area contributed by atoms with Crippen molar-refractivity contribution in [2.24, 2.45) is 0 Å². The molecule has 1 fully saturated rings. The summed E-state index contributed by atoms with van der Waals surface area (Å²) in [6, 6.07) is 4.79. The van der Waals surface area contributed by atoms with Gasteiger partial charge in [0.15, 0.2) is 0 Å². The Kier molecular flexibility index (Phi) is 4.34. The highest BCUT2D eigenvalue weighted by Gasteiger charge is 2.19. The highest BCUT2D eigenvalue weighted by Crippen LogP contribution is 2.19. The number of pyridine rings is 1. The predicted molar refractivity (Wildman–Crippen MR) is 68.1 cm³/mol. The van der Waals surface area contributed by atoms with E-state index in [2.05, 4.69) is 15.2 Å². The second-order valence-electron chi connectivity index (χ2n) is 4.81. The minimum absolute atomic E-state index is 0.680. The third-order valence-electron chi connectivity index (χ3n) is 2.76. The standard InChI is InChI=1S/C13H21N3O/c1-16(2)7-8-17-13-9-11(5-6-14-13)10-15-12-3-4-12/h5-6,9,12,15H,3-4,7-8,10H2,1-2H3. The van der Waals surface area contributed by atoms with Crippen LogP contribution in [0.4, 0.5) is 0 Å². The van der Waals surface area contributed by atoms with Crippen molar-refractivity contribution >= 4 is 0 Å². The van der Waals surface area contributed by atoms with Crippen molar-refractivity contribution in [3.8, 4) is 5.88 Å². The number of ether oxygens (including phenoxy) is 1. The van der Waals surface area contributed by atoms with Crippen molar-refractivity contribution in [2.45, 2.75) is 25.4 Å². The van der Waals surface area contributed by atoms with E-state index in [1.54, 1.807) is 0 Å². The van der Waals surface area contributed by atoms with E-state index in [0.717, 1.165) is 25.0 Å². The molecule has 1 N–H and O–H groups in total. The van der Waals surface area contributed by atoms with E-state index in [1.165, 1.54) is 18.4 Å². The van der Waals surface area contributed by atoms with E-state index in [9.17, 15) is 0 Å². The summed E-state index contributed by atoms with van der Waals surface area (Å²) in [5.41, 5.74) is 1.24. The molecule has 0 aliphatic heterocycles. The average Bonchev–Trinajstić information content (AvgIpc) is 3.10. The molecule has 1 heterocycles. The molecular formula is C13H21N3O. The van der Waals surface area contributed by atoms with Crippen LogP contribution in [-0.2, 0) is 6.54 Å². The predicted octanol–water partition coefficient (Wildman–Crippen LogP) is 1.27. The Bertz CT molecular complexity index is 350. The summed E-state index contributed by atoms with van der Waals surface area (Å²) in [7, 11) is 4.07. The fourth-order valence-electron chi connectivity index (χ4n) is 1.52. The SMILES string of the molecule is CN(C)CCOc1cc(CNC2CC2)ccn1. The zero-order chi connectivity index (χ0) is 12.1. The molecule has 94 valence electrons. The van der Waals surface area contributed by atoms with Crippen molar-refractivity contribution in [3.05, 3.63) is 23.9 Å². The van der Waals surface area contributed by atoms with Gasteiger partial charge in [-0.15, -0.1) is 0 Å². The molecule has 4 heteroatoms. The van der Waals surface area contributed by atoms with Crippen LogP contribution in [0.15, 0.2) is 18.3 Å². The largest absolute Gasteiger partial charge is 0.476 e. The Hall–Kier alpha value is -1.13. The minimum atomic E-state index is 0.680. The molecule has 1 aliphatic rings. The van der Waals surface area contributed by atoms with Crippen LogP contribution in [0.5, 0.6) is 5.88 Å². The molecule has 0 spiro atoms. The van der Waals surface area contributed by atoms with Gasteiger partial charge in [0.05, 0.1) is 0 Å². The molecule has 0 unspecified atom stereocenters. The lowest BCUT2D eigenvalue weighted by Crippen LogP contribution is -2.20. The molecule has 1 aromatic rings. The second-order valence-corrected chi connectivity index (χ2v) is 4.81. The van der Waals surface area contributed by atoms with Gasteiger partial charge in [-0.25, -0.2) is 4.98 Å². The summed E-state index contributed by atoms with van der Waals surface area (Å²) < 4.78 is 5.60. The molecule has 0 radical (unpaired) electrons. The minimum Gasteiger partial charge on any atom is -0.476 e. The van der Waals surface area contributed by atoms with E-state index >= 15 is 0 Å². The number of rotatable bonds is 7. The van der Waals surface area contributed by atoms with Crippen LogP contribution in [0.25, 0.3) is 0 Å². The van der Waals surface area contributed by atoms with E-state index < -0.39 is 0 Å². The Balaban J connectivity index is 1.78. The monoisotopic (exact) mass is 235 g/mol. The molecule has 0 aromatic carbocycles. The second kappa shape index (κ2) is 5.98. The Labute approximate surface area is 103 Å². The van der Waals surface area contributed by atoms with Gasteiger partial charge in [-0.3, -0.25) is 0 Å². The van der Waals surface area contributed by atoms with Gasteiger partial charge in [-0.1, -0.05) is 0 Å². The zero-order valence-corrected chi connectivity index (χ0v) is 10.6. The Morgan fingerprint density at radius 2 is 2.29 bits per heavy atom. The highest BCUT2D eigenvalue weighted by atomic mass is 16.5. The molecule has 0 saturated heterocycles. The van der Waals surface area contributed by atoms with E-state index in [1.807, 2.05) is 32.4 Å². The van der Waals surface area contributed by atoms with Gasteiger partial charge in [0.1, 0.15) is 6.61 Å². The number of aromatic nitrogens is 1. The van der Waals surface area contributed by atoms with Crippen molar-refractivity contribution in [2.75, 3.05) is 27.2 Å². The molecule has 1 aromatic heterocycles. The zero-order valence-electron chi connectivity index (χ0n) is 10.6. The maximum atomic E-state index is 5.60. The number of nitrogens with one attached hydrogen (secondary N) is 1. The fourth-order valence-corrected chi connectivity index (χ4v) is 1.52. The third kappa shape index (κ3) is 4.71. The van der Waals surface area contributed by atoms with E-state index in [4.69, 9.17) is 4.74 Å². The number of hydrogen-bond acceptors (Lipinski definition) is 4. The van der Waals surface area contributed by atoms with Crippen LogP contribution in [0.2, 0.25) is 0 Å². The first-order valence-corrected chi connectivity index (χ1v) is 6.20. The van der Waals surface area contributed by atoms with Gasteiger partial charge >= 0.3 is 0 Å². The van der Waals surface area contributed by atoms with Crippen LogP contribution < -0.4 is 10.1 Å². The molecule has 4 nitrogen and oxygen atoms in total. The van der Waals surface area contributed by atoms with Gasteiger partial charge in [0.2, 0.25) is 5.88 Å². The topological polar surface area (TPSA) is 37.4 Å². The number of likely N-dealkylation sites (N-methyl/N-ethyl adjacent to an activating group) is 1. The molecular weight excluding hydrogens is 214 g/mol. The smallest absolute Gasteiger partial charge is 0.213 e. The van der Waals surface area contributed by atoms with Crippen LogP contribution in [0, 0.1) is 0 Å². The van der Waals surface area contributed by atoms with E-state index in [0.29, 0.717) is 6.61 Å². The molecule has 0 bridgehead atoms. The quantitative estimate of drug-likeness (QED) is 0.772. The lowest BCUT2D eigenvalue weighted by atomic mass is 10.2. The van der Waals surface area contributed by atoms with Gasteiger partial charge < -0.3 is 15.0 Å². The van der Waals surface area contributed by atoms with E-state index in [-0.39, 0.29) is 0 Å². The average molecular weight is 235 g/mol. The summed E-state index contributed by atoms with van der Waals surface area (Å²) in [5, 5.41) is 3.48. The van der Waals surface area contributed by atoms with Crippen LogP contribution in [0.3, 0.4) is 0 Å². The first-order chi connectivity index (χ1) is 8.24. The first kappa shape index (κ1) is 12.3. The number of hydrogen-bond donors (Lipinski definition) is 1. The summed E-state index contributed by atoms with van der Waals surface area (Å²) >= 11 is 0. The molecule has 0 atom stereocenters. The third-order valence-corrected chi connectivity index (χ3v) is 2.76. The maximum absolute atomic E-state index is 5.60. The maximum Gasteiger partial charge on any atom is 0.213 e. The van der Waals surface area contributed by atoms with Crippen molar-refractivity contribution in [3.63, 3.8) is 0 Å². The lowest BCUT2D eigenvalue weighted by Gasteiger charge is -2.11. The van der Waals surface area contributed by atoms with Crippen LogP contribution >= 0.6 is 0 Å². The molecule has 17 heavy (non-hydrogen) atoms. The molecule has 1 aliphatic carbocycles. The Morgan fingerprint density at radius 3 is 3.00 bits per heavy atom. The Morgan fingerprint density at radius 1 is 1.47 bits per heavy atom. The fraction of sp³-hybridized carbons (Fsp3) is 0.615. The molecule has 2 rings (SSSR count). The lowest BCUT2D eigenvalue weighted by molar-refractivity contribution is 0.253. The number of nitrogens with zero attached hydrogens (tertiary/aromatic N) is 2. The summed E-state index contributed by atoms with van der Waals surface area (Å²) in [6.45, 7) is 2.50. The van der Waals surface area contributed by atoms with Gasteiger partial charge in [-0.05, 0) is 38.6 Å². The van der Waals surface area contributed by atoms with Gasteiger partial charge in [-0.2, -0.15) is 0 Å². The van der Waals surface area contributed by atoms with Crippen molar-refractivity contribution < 1.29 is 4.74 Å². The first-order valence-electron chi connectivity index (χ1n) is 6.20.